The maximum atomic E-state index is 13.2. The van der Waals surface area contributed by atoms with Gasteiger partial charge in [0.25, 0.3) is 5.91 Å². The summed E-state index contributed by atoms with van der Waals surface area (Å²) in [5.41, 5.74) is 6.06. The first-order valence-electron chi connectivity index (χ1n) is 7.73. The number of benzene rings is 1. The fourth-order valence-corrected chi connectivity index (χ4v) is 3.37. The second-order valence-corrected chi connectivity index (χ2v) is 6.03. The highest BCUT2D eigenvalue weighted by Gasteiger charge is 2.31. The molecule has 1 atom stereocenters. The fourth-order valence-electron chi connectivity index (χ4n) is 3.37. The zero-order chi connectivity index (χ0) is 14.8. The number of nitrogen functional groups attached to an aromatic ring is 1. The van der Waals surface area contributed by atoms with Crippen molar-refractivity contribution in [1.29, 1.82) is 0 Å². The van der Waals surface area contributed by atoms with Crippen LogP contribution in [0.2, 0.25) is 0 Å². The van der Waals surface area contributed by atoms with Gasteiger partial charge in [0.05, 0.1) is 5.69 Å². The molecule has 4 nitrogen and oxygen atoms in total. The van der Waals surface area contributed by atoms with Crippen LogP contribution in [0.5, 0.6) is 0 Å². The van der Waals surface area contributed by atoms with E-state index in [1.807, 2.05) is 4.90 Å². The molecule has 2 aliphatic heterocycles. The summed E-state index contributed by atoms with van der Waals surface area (Å²) in [4.78, 5) is 16.8. The minimum Gasteiger partial charge on any atom is -0.396 e. The van der Waals surface area contributed by atoms with E-state index in [2.05, 4.69) is 4.90 Å². The van der Waals surface area contributed by atoms with Crippen molar-refractivity contribution in [3.63, 3.8) is 0 Å². The molecule has 0 bridgehead atoms. The molecule has 5 heteroatoms. The van der Waals surface area contributed by atoms with Crippen molar-refractivity contribution in [2.45, 2.75) is 31.7 Å². The van der Waals surface area contributed by atoms with Crippen molar-refractivity contribution in [3.05, 3.63) is 29.6 Å². The Morgan fingerprint density at radius 3 is 2.67 bits per heavy atom. The van der Waals surface area contributed by atoms with Crippen LogP contribution in [0.3, 0.4) is 0 Å². The van der Waals surface area contributed by atoms with Gasteiger partial charge >= 0.3 is 0 Å². The molecule has 21 heavy (non-hydrogen) atoms. The van der Waals surface area contributed by atoms with Crippen LogP contribution < -0.4 is 5.73 Å². The third kappa shape index (κ3) is 3.02. The van der Waals surface area contributed by atoms with Crippen LogP contribution in [0.4, 0.5) is 10.1 Å². The van der Waals surface area contributed by atoms with Crippen molar-refractivity contribution < 1.29 is 9.18 Å². The molecule has 2 heterocycles. The summed E-state index contributed by atoms with van der Waals surface area (Å²) >= 11 is 0. The van der Waals surface area contributed by atoms with E-state index in [0.29, 0.717) is 11.6 Å². The first-order chi connectivity index (χ1) is 10.1. The molecule has 1 aromatic rings. The summed E-state index contributed by atoms with van der Waals surface area (Å²) in [6.07, 6.45) is 4.88. The lowest BCUT2D eigenvalue weighted by atomic mass is 10.1. The zero-order valence-electron chi connectivity index (χ0n) is 12.2. The number of carbonyl (C=O) groups is 1. The summed E-state index contributed by atoms with van der Waals surface area (Å²) in [5, 5.41) is 0. The summed E-state index contributed by atoms with van der Waals surface area (Å²) in [7, 11) is 0. The Morgan fingerprint density at radius 2 is 1.95 bits per heavy atom. The Kier molecular flexibility index (Phi) is 4.10. The molecule has 2 N–H and O–H groups in total. The first kappa shape index (κ1) is 14.3. The average Bonchev–Trinajstić information content (AvgIpc) is 3.00. The van der Waals surface area contributed by atoms with E-state index in [4.69, 9.17) is 5.73 Å². The summed E-state index contributed by atoms with van der Waals surface area (Å²) in [6.45, 7) is 3.85. The smallest absolute Gasteiger partial charge is 0.253 e. The number of rotatable bonds is 2. The third-order valence-electron chi connectivity index (χ3n) is 4.60. The Morgan fingerprint density at radius 1 is 1.19 bits per heavy atom. The van der Waals surface area contributed by atoms with Gasteiger partial charge < -0.3 is 10.6 Å². The molecule has 0 aliphatic carbocycles. The number of nitrogens with zero attached hydrogens (tertiary/aromatic N) is 2. The van der Waals surface area contributed by atoms with Crippen LogP contribution in [0.1, 0.15) is 36.0 Å². The maximum absolute atomic E-state index is 13.2. The molecular weight excluding hydrogens is 269 g/mol. The van der Waals surface area contributed by atoms with Gasteiger partial charge in [-0.15, -0.1) is 0 Å². The molecule has 0 saturated carbocycles. The molecular formula is C16H22FN3O. The monoisotopic (exact) mass is 291 g/mol. The molecule has 1 aromatic carbocycles. The van der Waals surface area contributed by atoms with Gasteiger partial charge in [-0.05, 0) is 50.6 Å². The van der Waals surface area contributed by atoms with E-state index >= 15 is 0 Å². The summed E-state index contributed by atoms with van der Waals surface area (Å²) in [6, 6.07) is 4.70. The molecule has 114 valence electrons. The standard InChI is InChI=1S/C16H22FN3O/c17-14-5-4-12(10-15(14)18)16(21)20-9-6-13(11-20)19-7-2-1-3-8-19/h4-5,10,13H,1-3,6-9,11,18H2. The molecule has 0 radical (unpaired) electrons. The van der Waals surface area contributed by atoms with Gasteiger partial charge in [-0.2, -0.15) is 0 Å². The summed E-state index contributed by atoms with van der Waals surface area (Å²) < 4.78 is 13.2. The van der Waals surface area contributed by atoms with Crippen molar-refractivity contribution in [2.75, 3.05) is 31.9 Å². The van der Waals surface area contributed by atoms with E-state index in [9.17, 15) is 9.18 Å². The van der Waals surface area contributed by atoms with Crippen LogP contribution in [-0.4, -0.2) is 47.9 Å². The first-order valence-corrected chi connectivity index (χ1v) is 7.73. The van der Waals surface area contributed by atoms with Crippen LogP contribution in [-0.2, 0) is 0 Å². The summed E-state index contributed by atoms with van der Waals surface area (Å²) in [5.74, 6) is -0.514. The van der Waals surface area contributed by atoms with E-state index in [-0.39, 0.29) is 11.6 Å². The van der Waals surface area contributed by atoms with Crippen LogP contribution in [0, 0.1) is 5.82 Å². The van der Waals surface area contributed by atoms with Crippen molar-refractivity contribution in [2.24, 2.45) is 0 Å². The molecule has 1 unspecified atom stereocenters. The highest BCUT2D eigenvalue weighted by atomic mass is 19.1. The Labute approximate surface area is 124 Å². The lowest BCUT2D eigenvalue weighted by Gasteiger charge is -2.32. The largest absolute Gasteiger partial charge is 0.396 e. The number of anilines is 1. The highest BCUT2D eigenvalue weighted by Crippen LogP contribution is 2.22. The fraction of sp³-hybridized carbons (Fsp3) is 0.562. The molecule has 1 amide bonds. The Hall–Kier alpha value is -1.62. The van der Waals surface area contributed by atoms with E-state index in [1.54, 1.807) is 0 Å². The average molecular weight is 291 g/mol. The van der Waals surface area contributed by atoms with Crippen LogP contribution >= 0.6 is 0 Å². The Bertz CT molecular complexity index is 528. The quantitative estimate of drug-likeness (QED) is 0.849. The van der Waals surface area contributed by atoms with E-state index < -0.39 is 5.82 Å². The zero-order valence-corrected chi connectivity index (χ0v) is 12.2. The molecule has 3 rings (SSSR count). The molecule has 0 aromatic heterocycles. The number of carbonyl (C=O) groups excluding carboxylic acids is 1. The predicted octanol–water partition coefficient (Wildman–Crippen LogP) is 2.11. The van der Waals surface area contributed by atoms with Crippen molar-refractivity contribution in [3.8, 4) is 0 Å². The van der Waals surface area contributed by atoms with Gasteiger partial charge in [0.2, 0.25) is 0 Å². The molecule has 2 aliphatic rings. The van der Waals surface area contributed by atoms with E-state index in [1.165, 1.54) is 37.5 Å². The second kappa shape index (κ2) is 6.02. The number of likely N-dealkylation sites (tertiary alicyclic amines) is 2. The minimum absolute atomic E-state index is 0.0348. The van der Waals surface area contributed by atoms with Gasteiger partial charge in [0.1, 0.15) is 5.82 Å². The normalized spacial score (nSPS) is 23.5. The SMILES string of the molecule is Nc1cc(C(=O)N2CCC(N3CCCCC3)C2)ccc1F. The van der Waals surface area contributed by atoms with Gasteiger partial charge in [-0.25, -0.2) is 4.39 Å². The Balaban J connectivity index is 1.64. The van der Waals surface area contributed by atoms with Crippen LogP contribution in [0.25, 0.3) is 0 Å². The van der Waals surface area contributed by atoms with Gasteiger partial charge in [0.15, 0.2) is 0 Å². The number of hydrogen-bond acceptors (Lipinski definition) is 3. The molecule has 0 spiro atoms. The van der Waals surface area contributed by atoms with Gasteiger partial charge in [-0.1, -0.05) is 6.42 Å². The number of piperidine rings is 1. The molecule has 2 saturated heterocycles. The third-order valence-corrected chi connectivity index (χ3v) is 4.60. The lowest BCUT2D eigenvalue weighted by molar-refractivity contribution is 0.0771. The minimum atomic E-state index is -0.473. The number of hydrogen-bond donors (Lipinski definition) is 1. The topological polar surface area (TPSA) is 49.6 Å². The number of amides is 1. The van der Waals surface area contributed by atoms with Crippen molar-refractivity contribution in [1.82, 2.24) is 9.80 Å². The second-order valence-electron chi connectivity index (χ2n) is 6.03. The highest BCUT2D eigenvalue weighted by molar-refractivity contribution is 5.95. The van der Waals surface area contributed by atoms with E-state index in [0.717, 1.165) is 32.6 Å². The molecule has 2 fully saturated rings. The number of halogens is 1. The number of nitrogens with two attached hydrogens (primary N) is 1. The lowest BCUT2D eigenvalue weighted by Crippen LogP contribution is -2.41. The van der Waals surface area contributed by atoms with Crippen molar-refractivity contribution >= 4 is 11.6 Å². The van der Waals surface area contributed by atoms with Gasteiger partial charge in [0, 0.05) is 24.7 Å². The van der Waals surface area contributed by atoms with Gasteiger partial charge in [-0.3, -0.25) is 9.69 Å². The maximum Gasteiger partial charge on any atom is 0.253 e. The predicted molar refractivity (Wildman–Crippen MR) is 80.5 cm³/mol. The van der Waals surface area contributed by atoms with Crippen LogP contribution in [0.15, 0.2) is 18.2 Å².